The Hall–Kier alpha value is -2.05. The number of hydrogen-bond donors (Lipinski definition) is 2. The van der Waals surface area contributed by atoms with Gasteiger partial charge in [-0.15, -0.1) is 0 Å². The Morgan fingerprint density at radius 3 is 2.60 bits per heavy atom. The molecule has 0 bridgehead atoms. The summed E-state index contributed by atoms with van der Waals surface area (Å²) in [6, 6.07) is 3.52. The molecule has 0 saturated carbocycles. The lowest BCUT2D eigenvalue weighted by molar-refractivity contribution is -0.138. The lowest BCUT2D eigenvalue weighted by Crippen LogP contribution is -2.31. The molecule has 1 heterocycles. The third-order valence-electron chi connectivity index (χ3n) is 3.11. The molecule has 0 radical (unpaired) electrons. The molecule has 1 saturated heterocycles. The molecule has 0 aliphatic carbocycles. The first kappa shape index (κ1) is 14.4. The number of urea groups is 1. The van der Waals surface area contributed by atoms with E-state index < -0.39 is 23.8 Å². The Morgan fingerprint density at radius 1 is 1.35 bits per heavy atom. The molecule has 1 aromatic rings. The predicted molar refractivity (Wildman–Crippen MR) is 67.4 cm³/mol. The summed E-state index contributed by atoms with van der Waals surface area (Å²) in [5, 5.41) is 10.0. The molecule has 7 heteroatoms. The smallest absolute Gasteiger partial charge is 0.310 e. The molecule has 0 spiro atoms. The topological polar surface area (TPSA) is 56.2 Å². The van der Waals surface area contributed by atoms with E-state index in [1.165, 1.54) is 23.1 Å². The van der Waals surface area contributed by atoms with Crippen molar-refractivity contribution in [2.75, 3.05) is 6.54 Å². The molecule has 20 heavy (non-hydrogen) atoms. The van der Waals surface area contributed by atoms with E-state index in [4.69, 9.17) is 5.41 Å². The third-order valence-corrected chi connectivity index (χ3v) is 3.11. The maximum Gasteiger partial charge on any atom is 0.416 e. The van der Waals surface area contributed by atoms with Gasteiger partial charge in [0.25, 0.3) is 0 Å². The van der Waals surface area contributed by atoms with Crippen LogP contribution in [-0.2, 0) is 6.18 Å². The monoisotopic (exact) mass is 285 g/mol. The van der Waals surface area contributed by atoms with E-state index in [1.807, 2.05) is 6.92 Å². The van der Waals surface area contributed by atoms with E-state index >= 15 is 0 Å². The molecule has 2 N–H and O–H groups in total. The lowest BCUT2D eigenvalue weighted by Gasteiger charge is -2.25. The molecule has 1 fully saturated rings. The minimum Gasteiger partial charge on any atom is -0.310 e. The largest absolute Gasteiger partial charge is 0.416 e. The number of halogens is 3. The van der Waals surface area contributed by atoms with Crippen molar-refractivity contribution < 1.29 is 18.0 Å². The van der Waals surface area contributed by atoms with Crippen molar-refractivity contribution in [3.05, 3.63) is 35.4 Å². The summed E-state index contributed by atoms with van der Waals surface area (Å²) < 4.78 is 39.1. The van der Waals surface area contributed by atoms with Gasteiger partial charge in [-0.05, 0) is 18.1 Å². The number of hydrogen-bond acceptors (Lipinski definition) is 2. The lowest BCUT2D eigenvalue weighted by atomic mass is 9.98. The van der Waals surface area contributed by atoms with Crippen molar-refractivity contribution in [2.24, 2.45) is 0 Å². The molecule has 1 aliphatic rings. The van der Waals surface area contributed by atoms with Crippen molar-refractivity contribution >= 4 is 11.9 Å². The Kier molecular flexibility index (Phi) is 3.69. The van der Waals surface area contributed by atoms with Gasteiger partial charge in [0.15, 0.2) is 0 Å². The second-order valence-electron chi connectivity index (χ2n) is 4.52. The highest BCUT2D eigenvalue weighted by atomic mass is 19.4. The van der Waals surface area contributed by atoms with Crippen LogP contribution in [0.2, 0.25) is 0 Å². The van der Waals surface area contributed by atoms with Crippen molar-refractivity contribution in [3.63, 3.8) is 0 Å². The summed E-state index contributed by atoms with van der Waals surface area (Å²) in [5.41, 5.74) is -0.885. The molecule has 2 amide bonds. The minimum atomic E-state index is -4.51. The number of alkyl halides is 3. The van der Waals surface area contributed by atoms with Gasteiger partial charge in [-0.3, -0.25) is 10.7 Å². The number of benzene rings is 1. The second kappa shape index (κ2) is 5.15. The Labute approximate surface area is 114 Å². The van der Waals surface area contributed by atoms with Gasteiger partial charge in [0.2, 0.25) is 0 Å². The van der Waals surface area contributed by atoms with Crippen LogP contribution in [0.4, 0.5) is 18.0 Å². The van der Waals surface area contributed by atoms with Crippen LogP contribution >= 0.6 is 0 Å². The summed E-state index contributed by atoms with van der Waals surface area (Å²) in [4.78, 5) is 13.0. The number of nitrogens with zero attached hydrogens (tertiary/aromatic N) is 1. The van der Waals surface area contributed by atoms with Gasteiger partial charge < -0.3 is 4.90 Å². The van der Waals surface area contributed by atoms with Crippen LogP contribution in [0, 0.1) is 5.41 Å². The van der Waals surface area contributed by atoms with Crippen LogP contribution in [0.25, 0.3) is 0 Å². The van der Waals surface area contributed by atoms with Gasteiger partial charge in [0, 0.05) is 6.54 Å². The van der Waals surface area contributed by atoms with Crippen molar-refractivity contribution in [3.8, 4) is 0 Å². The van der Waals surface area contributed by atoms with E-state index in [0.29, 0.717) is 13.0 Å². The molecular weight excluding hydrogens is 271 g/mol. The zero-order valence-corrected chi connectivity index (χ0v) is 10.8. The second-order valence-corrected chi connectivity index (χ2v) is 4.52. The van der Waals surface area contributed by atoms with Crippen molar-refractivity contribution in [1.29, 1.82) is 5.41 Å². The fraction of sp³-hybridized carbons (Fsp3) is 0.385. The van der Waals surface area contributed by atoms with E-state index in [1.54, 1.807) is 0 Å². The number of amidine groups is 1. The van der Waals surface area contributed by atoms with Gasteiger partial charge in [-0.25, -0.2) is 4.79 Å². The molecule has 1 aromatic carbocycles. The number of amides is 2. The average molecular weight is 285 g/mol. The SMILES string of the molecule is CCCN1C(=O)NC(=N)C1c1ccccc1C(F)(F)F. The minimum absolute atomic E-state index is 0.0724. The number of carbonyl (C=O) groups is 1. The van der Waals surface area contributed by atoms with Crippen LogP contribution < -0.4 is 5.32 Å². The molecule has 2 rings (SSSR count). The number of nitrogens with one attached hydrogen (secondary N) is 2. The quantitative estimate of drug-likeness (QED) is 0.880. The Morgan fingerprint density at radius 2 is 2.00 bits per heavy atom. The fourth-order valence-electron chi connectivity index (χ4n) is 2.32. The van der Waals surface area contributed by atoms with Gasteiger partial charge in [-0.2, -0.15) is 13.2 Å². The summed E-state index contributed by atoms with van der Waals surface area (Å²) in [7, 11) is 0. The average Bonchev–Trinajstić information content (AvgIpc) is 2.64. The van der Waals surface area contributed by atoms with Gasteiger partial charge in [0.1, 0.15) is 11.9 Å². The summed E-state index contributed by atoms with van der Waals surface area (Å²) in [5.74, 6) is -0.222. The standard InChI is InChI=1S/C13H14F3N3O/c1-2-7-19-10(11(17)18-12(19)20)8-5-3-4-6-9(8)13(14,15)16/h3-6,10H,2,7H2,1H3,(H2,17,18,20). The Bertz CT molecular complexity index is 542. The van der Waals surface area contributed by atoms with Crippen LogP contribution in [0.15, 0.2) is 24.3 Å². The van der Waals surface area contributed by atoms with Crippen molar-refractivity contribution in [2.45, 2.75) is 25.6 Å². The first-order valence-corrected chi connectivity index (χ1v) is 6.18. The molecular formula is C13H14F3N3O. The van der Waals surface area contributed by atoms with E-state index in [0.717, 1.165) is 6.07 Å². The highest BCUT2D eigenvalue weighted by Gasteiger charge is 2.42. The third kappa shape index (κ3) is 2.48. The van der Waals surface area contributed by atoms with E-state index in [2.05, 4.69) is 5.32 Å². The zero-order chi connectivity index (χ0) is 14.9. The maximum absolute atomic E-state index is 13.0. The first-order valence-electron chi connectivity index (χ1n) is 6.18. The molecule has 0 aromatic heterocycles. The number of carbonyl (C=O) groups excluding carboxylic acids is 1. The highest BCUT2D eigenvalue weighted by molar-refractivity contribution is 6.06. The summed E-state index contributed by atoms with van der Waals surface area (Å²) in [6.45, 7) is 2.12. The summed E-state index contributed by atoms with van der Waals surface area (Å²) >= 11 is 0. The van der Waals surface area contributed by atoms with Crippen LogP contribution in [0.3, 0.4) is 0 Å². The molecule has 1 unspecified atom stereocenters. The van der Waals surface area contributed by atoms with E-state index in [-0.39, 0.29) is 11.4 Å². The van der Waals surface area contributed by atoms with Gasteiger partial charge in [0.05, 0.1) is 5.56 Å². The first-order chi connectivity index (χ1) is 9.36. The Balaban J connectivity index is 2.49. The zero-order valence-electron chi connectivity index (χ0n) is 10.8. The van der Waals surface area contributed by atoms with Gasteiger partial charge in [-0.1, -0.05) is 25.1 Å². The molecule has 108 valence electrons. The van der Waals surface area contributed by atoms with Crippen molar-refractivity contribution in [1.82, 2.24) is 10.2 Å². The summed E-state index contributed by atoms with van der Waals surface area (Å²) in [6.07, 6.45) is -3.91. The predicted octanol–water partition coefficient (Wildman–Crippen LogP) is 3.16. The molecule has 1 aliphatic heterocycles. The normalized spacial score (nSPS) is 19.4. The number of rotatable bonds is 3. The fourth-order valence-corrected chi connectivity index (χ4v) is 2.32. The molecule has 1 atom stereocenters. The van der Waals surface area contributed by atoms with Crippen LogP contribution in [0.5, 0.6) is 0 Å². The van der Waals surface area contributed by atoms with Crippen LogP contribution in [0.1, 0.15) is 30.5 Å². The van der Waals surface area contributed by atoms with Gasteiger partial charge >= 0.3 is 12.2 Å². The molecule has 4 nitrogen and oxygen atoms in total. The maximum atomic E-state index is 13.0. The highest BCUT2D eigenvalue weighted by Crippen LogP contribution is 2.37. The van der Waals surface area contributed by atoms with E-state index in [9.17, 15) is 18.0 Å². The van der Waals surface area contributed by atoms with Crippen LogP contribution in [-0.4, -0.2) is 23.3 Å².